The molecule has 0 saturated carbocycles. The summed E-state index contributed by atoms with van der Waals surface area (Å²) in [5.41, 5.74) is 0. The number of carbonyl (C=O) groups is 1. The fourth-order valence-electron chi connectivity index (χ4n) is 1.64. The number of hydrogen-bond acceptors (Lipinski definition) is 4. The molecule has 0 spiro atoms. The zero-order valence-electron chi connectivity index (χ0n) is 11.6. The van der Waals surface area contributed by atoms with Crippen molar-refractivity contribution in [3.05, 3.63) is 23.7 Å². The van der Waals surface area contributed by atoms with E-state index in [1.165, 1.54) is 6.07 Å². The summed E-state index contributed by atoms with van der Waals surface area (Å²) in [5, 5.41) is 12.0. The summed E-state index contributed by atoms with van der Waals surface area (Å²) < 4.78 is 10.7. The number of hydrogen-bond donors (Lipinski definition) is 2. The number of nitrogens with one attached hydrogen (secondary N) is 1. The normalized spacial score (nSPS) is 12.5. The number of ether oxygens (including phenoxy) is 1. The number of rotatable bonds is 10. The molecule has 0 amide bonds. The Kier molecular flexibility index (Phi) is 7.22. The molecule has 0 radical (unpaired) electrons. The maximum Gasteiger partial charge on any atom is 0.371 e. The molecule has 0 bridgehead atoms. The molecular weight excluding hydrogens is 246 g/mol. The quantitative estimate of drug-likeness (QED) is 0.639. The van der Waals surface area contributed by atoms with Gasteiger partial charge in [-0.1, -0.05) is 13.3 Å². The van der Waals surface area contributed by atoms with Crippen molar-refractivity contribution in [2.45, 2.75) is 39.2 Å². The van der Waals surface area contributed by atoms with Gasteiger partial charge >= 0.3 is 5.97 Å². The van der Waals surface area contributed by atoms with Crippen molar-refractivity contribution in [3.8, 4) is 0 Å². The lowest BCUT2D eigenvalue weighted by molar-refractivity contribution is 0.0659. The van der Waals surface area contributed by atoms with Crippen LogP contribution in [0.25, 0.3) is 0 Å². The molecule has 1 aromatic rings. The average Bonchev–Trinajstić information content (AvgIpc) is 2.87. The Hall–Kier alpha value is -1.33. The van der Waals surface area contributed by atoms with E-state index in [1.54, 1.807) is 6.07 Å². The van der Waals surface area contributed by atoms with Crippen LogP contribution < -0.4 is 5.32 Å². The molecule has 1 rings (SSSR count). The number of unbranched alkanes of at least 4 members (excludes halogenated alkanes) is 1. The molecule has 2 N–H and O–H groups in total. The summed E-state index contributed by atoms with van der Waals surface area (Å²) in [7, 11) is 0. The Morgan fingerprint density at radius 2 is 2.16 bits per heavy atom. The number of aromatic carboxylic acids is 1. The molecular formula is C14H23NO4. The Bertz CT molecular complexity index is 375. The first-order valence-corrected chi connectivity index (χ1v) is 6.79. The Labute approximate surface area is 113 Å². The fourth-order valence-corrected chi connectivity index (χ4v) is 1.64. The fraction of sp³-hybridized carbons (Fsp3) is 0.643. The second kappa shape index (κ2) is 8.72. The highest BCUT2D eigenvalue weighted by Crippen LogP contribution is 2.16. The number of furan rings is 1. The van der Waals surface area contributed by atoms with E-state index in [0.29, 0.717) is 5.76 Å². The van der Waals surface area contributed by atoms with Gasteiger partial charge in [-0.25, -0.2) is 4.79 Å². The summed E-state index contributed by atoms with van der Waals surface area (Å²) in [5.74, 6) is -0.418. The van der Waals surface area contributed by atoms with Crippen LogP contribution in [0.4, 0.5) is 0 Å². The van der Waals surface area contributed by atoms with Gasteiger partial charge in [0, 0.05) is 13.2 Å². The first-order chi connectivity index (χ1) is 9.15. The van der Waals surface area contributed by atoms with E-state index in [9.17, 15) is 4.79 Å². The van der Waals surface area contributed by atoms with Gasteiger partial charge in [0.2, 0.25) is 5.76 Å². The predicted octanol–water partition coefficient (Wildman–Crippen LogP) is 2.84. The molecule has 0 aliphatic carbocycles. The Morgan fingerprint density at radius 1 is 1.42 bits per heavy atom. The molecule has 0 aliphatic heterocycles. The molecule has 0 aromatic carbocycles. The lowest BCUT2D eigenvalue weighted by atomic mass is 10.2. The first kappa shape index (κ1) is 15.7. The third kappa shape index (κ3) is 5.89. The van der Waals surface area contributed by atoms with E-state index < -0.39 is 5.97 Å². The molecule has 1 unspecified atom stereocenters. The van der Waals surface area contributed by atoms with E-state index in [1.807, 2.05) is 6.92 Å². The maximum absolute atomic E-state index is 10.7. The summed E-state index contributed by atoms with van der Waals surface area (Å²) in [6.45, 7) is 6.48. The van der Waals surface area contributed by atoms with Gasteiger partial charge < -0.3 is 19.6 Å². The molecule has 1 heterocycles. The molecule has 0 aliphatic rings. The molecule has 1 atom stereocenters. The third-order valence-electron chi connectivity index (χ3n) is 2.82. The van der Waals surface area contributed by atoms with Gasteiger partial charge in [0.1, 0.15) is 5.76 Å². The maximum atomic E-state index is 10.7. The highest BCUT2D eigenvalue weighted by atomic mass is 16.5. The minimum Gasteiger partial charge on any atom is -0.475 e. The molecule has 0 saturated heterocycles. The Balaban J connectivity index is 2.16. The van der Waals surface area contributed by atoms with Crippen LogP contribution in [0.5, 0.6) is 0 Å². The number of carboxylic acid groups (broad SMARTS) is 1. The molecule has 1 aromatic heterocycles. The minimum absolute atomic E-state index is 0.00346. The topological polar surface area (TPSA) is 71.7 Å². The molecule has 5 nitrogen and oxygen atoms in total. The van der Waals surface area contributed by atoms with E-state index in [0.717, 1.165) is 39.0 Å². The highest BCUT2D eigenvalue weighted by molar-refractivity contribution is 5.84. The monoisotopic (exact) mass is 269 g/mol. The van der Waals surface area contributed by atoms with E-state index in [2.05, 4.69) is 12.2 Å². The third-order valence-corrected chi connectivity index (χ3v) is 2.82. The van der Waals surface area contributed by atoms with Crippen molar-refractivity contribution >= 4 is 5.97 Å². The summed E-state index contributed by atoms with van der Waals surface area (Å²) >= 11 is 0. The summed E-state index contributed by atoms with van der Waals surface area (Å²) in [4.78, 5) is 10.7. The van der Waals surface area contributed by atoms with Crippen molar-refractivity contribution in [3.63, 3.8) is 0 Å². The SMILES string of the molecule is CCCCOCCCNC(C)c1ccc(C(=O)O)o1. The first-order valence-electron chi connectivity index (χ1n) is 6.79. The van der Waals surface area contributed by atoms with E-state index >= 15 is 0 Å². The van der Waals surface area contributed by atoms with E-state index in [4.69, 9.17) is 14.3 Å². The van der Waals surface area contributed by atoms with Crippen LogP contribution >= 0.6 is 0 Å². The lowest BCUT2D eigenvalue weighted by Gasteiger charge is -2.11. The van der Waals surface area contributed by atoms with E-state index in [-0.39, 0.29) is 11.8 Å². The predicted molar refractivity (Wildman–Crippen MR) is 72.4 cm³/mol. The summed E-state index contributed by atoms with van der Waals surface area (Å²) in [6.07, 6.45) is 3.19. The van der Waals surface area contributed by atoms with Gasteiger partial charge in [-0.2, -0.15) is 0 Å². The van der Waals surface area contributed by atoms with Crippen LogP contribution in [0.15, 0.2) is 16.5 Å². The highest BCUT2D eigenvalue weighted by Gasteiger charge is 2.13. The van der Waals surface area contributed by atoms with Crippen molar-refractivity contribution in [1.29, 1.82) is 0 Å². The molecule has 5 heteroatoms. The second-order valence-corrected chi connectivity index (χ2v) is 4.50. The standard InChI is InChI=1S/C14H23NO4/c1-3-4-9-18-10-5-8-15-11(2)12-6-7-13(19-12)14(16)17/h6-7,11,15H,3-5,8-10H2,1-2H3,(H,16,17). The molecule has 19 heavy (non-hydrogen) atoms. The van der Waals surface area contributed by atoms with Gasteiger partial charge in [-0.3, -0.25) is 0 Å². The van der Waals surface area contributed by atoms with Crippen molar-refractivity contribution in [1.82, 2.24) is 5.32 Å². The number of carboxylic acids is 1. The zero-order chi connectivity index (χ0) is 14.1. The minimum atomic E-state index is -1.04. The second-order valence-electron chi connectivity index (χ2n) is 4.50. The molecule has 108 valence electrons. The summed E-state index contributed by atoms with van der Waals surface area (Å²) in [6, 6.07) is 3.17. The van der Waals surface area contributed by atoms with Crippen molar-refractivity contribution in [2.75, 3.05) is 19.8 Å². The largest absolute Gasteiger partial charge is 0.475 e. The van der Waals surface area contributed by atoms with Crippen LogP contribution in [0.2, 0.25) is 0 Å². The van der Waals surface area contributed by atoms with Crippen LogP contribution in [0.3, 0.4) is 0 Å². The average molecular weight is 269 g/mol. The van der Waals surface area contributed by atoms with Gasteiger partial charge in [0.05, 0.1) is 6.04 Å². The molecule has 0 fully saturated rings. The van der Waals surface area contributed by atoms with Gasteiger partial charge in [-0.15, -0.1) is 0 Å². The van der Waals surface area contributed by atoms with Crippen molar-refractivity contribution < 1.29 is 19.1 Å². The van der Waals surface area contributed by atoms with Crippen LogP contribution in [-0.2, 0) is 4.74 Å². The van der Waals surface area contributed by atoms with Crippen LogP contribution in [0, 0.1) is 0 Å². The smallest absolute Gasteiger partial charge is 0.371 e. The van der Waals surface area contributed by atoms with Gasteiger partial charge in [0.25, 0.3) is 0 Å². The van der Waals surface area contributed by atoms with Crippen LogP contribution in [-0.4, -0.2) is 30.8 Å². The van der Waals surface area contributed by atoms with Gasteiger partial charge in [0.15, 0.2) is 0 Å². The Morgan fingerprint density at radius 3 is 2.79 bits per heavy atom. The van der Waals surface area contributed by atoms with Crippen LogP contribution in [0.1, 0.15) is 55.5 Å². The lowest BCUT2D eigenvalue weighted by Crippen LogP contribution is -2.20. The van der Waals surface area contributed by atoms with Gasteiger partial charge in [-0.05, 0) is 38.4 Å². The zero-order valence-corrected chi connectivity index (χ0v) is 11.6. The van der Waals surface area contributed by atoms with Crippen molar-refractivity contribution in [2.24, 2.45) is 0 Å².